The summed E-state index contributed by atoms with van der Waals surface area (Å²) in [6, 6.07) is -0.348. The first-order valence-corrected chi connectivity index (χ1v) is 7.86. The molecular weight excluding hydrogens is 272 g/mol. The zero-order chi connectivity index (χ0) is 15.4. The lowest BCUT2D eigenvalue weighted by molar-refractivity contribution is -0.142. The van der Waals surface area contributed by atoms with E-state index in [4.69, 9.17) is 9.84 Å². The van der Waals surface area contributed by atoms with Crippen LogP contribution in [-0.4, -0.2) is 54.4 Å². The molecule has 2 N–H and O–H groups in total. The van der Waals surface area contributed by atoms with Gasteiger partial charge in [0, 0.05) is 13.1 Å². The molecule has 1 aliphatic heterocycles. The second kappa shape index (κ2) is 7.11. The van der Waals surface area contributed by atoms with Gasteiger partial charge in [-0.05, 0) is 31.6 Å². The minimum absolute atomic E-state index is 0.172. The average molecular weight is 298 g/mol. The molecule has 2 rings (SSSR count). The lowest BCUT2D eigenvalue weighted by Gasteiger charge is -2.35. The predicted octanol–water partition coefficient (Wildman–Crippen LogP) is 1.70. The van der Waals surface area contributed by atoms with Gasteiger partial charge in [-0.1, -0.05) is 13.3 Å². The SMILES string of the molecule is CCC1CCC(N(C)C(=O)NC2COCC2C(=O)O)CC1. The van der Waals surface area contributed by atoms with Gasteiger partial charge in [0.2, 0.25) is 0 Å². The van der Waals surface area contributed by atoms with Crippen LogP contribution in [0.2, 0.25) is 0 Å². The van der Waals surface area contributed by atoms with E-state index in [0.717, 1.165) is 18.8 Å². The minimum Gasteiger partial charge on any atom is -0.481 e. The molecule has 0 radical (unpaired) electrons. The number of rotatable bonds is 4. The van der Waals surface area contributed by atoms with Gasteiger partial charge >= 0.3 is 12.0 Å². The number of carboxylic acid groups (broad SMARTS) is 1. The third-order valence-corrected chi connectivity index (χ3v) is 4.97. The number of carbonyl (C=O) groups is 2. The lowest BCUT2D eigenvalue weighted by Crippen LogP contribution is -2.51. The van der Waals surface area contributed by atoms with E-state index in [9.17, 15) is 9.59 Å². The average Bonchev–Trinajstić information content (AvgIpc) is 2.95. The second-order valence-corrected chi connectivity index (χ2v) is 6.23. The molecule has 0 aromatic heterocycles. The number of aliphatic carboxylic acids is 1. The molecule has 0 bridgehead atoms. The summed E-state index contributed by atoms with van der Waals surface area (Å²) in [7, 11) is 1.80. The Balaban J connectivity index is 1.84. The van der Waals surface area contributed by atoms with E-state index >= 15 is 0 Å². The Kier molecular flexibility index (Phi) is 5.45. The third-order valence-electron chi connectivity index (χ3n) is 4.97. The van der Waals surface area contributed by atoms with Crippen LogP contribution in [-0.2, 0) is 9.53 Å². The van der Waals surface area contributed by atoms with Crippen molar-refractivity contribution < 1.29 is 19.4 Å². The molecule has 1 saturated heterocycles. The molecule has 1 saturated carbocycles. The molecule has 2 unspecified atom stereocenters. The predicted molar refractivity (Wildman–Crippen MR) is 78.1 cm³/mol. The highest BCUT2D eigenvalue weighted by Crippen LogP contribution is 2.29. The van der Waals surface area contributed by atoms with Crippen LogP contribution in [0.3, 0.4) is 0 Å². The van der Waals surface area contributed by atoms with E-state index in [1.165, 1.54) is 19.3 Å². The van der Waals surface area contributed by atoms with Crippen LogP contribution in [0, 0.1) is 11.8 Å². The number of nitrogens with zero attached hydrogens (tertiary/aromatic N) is 1. The van der Waals surface area contributed by atoms with Crippen LogP contribution in [0.25, 0.3) is 0 Å². The van der Waals surface area contributed by atoms with Crippen LogP contribution < -0.4 is 5.32 Å². The summed E-state index contributed by atoms with van der Waals surface area (Å²) in [4.78, 5) is 25.1. The summed E-state index contributed by atoms with van der Waals surface area (Å²) in [6.07, 6.45) is 5.62. The maximum Gasteiger partial charge on any atom is 0.317 e. The molecule has 120 valence electrons. The Labute approximate surface area is 125 Å². The van der Waals surface area contributed by atoms with Crippen molar-refractivity contribution in [1.29, 1.82) is 0 Å². The van der Waals surface area contributed by atoms with Gasteiger partial charge < -0.3 is 20.1 Å². The first kappa shape index (κ1) is 16.1. The largest absolute Gasteiger partial charge is 0.481 e. The molecule has 6 nitrogen and oxygen atoms in total. The van der Waals surface area contributed by atoms with Gasteiger partial charge in [0.1, 0.15) is 5.92 Å². The van der Waals surface area contributed by atoms with Crippen LogP contribution >= 0.6 is 0 Å². The topological polar surface area (TPSA) is 78.9 Å². The lowest BCUT2D eigenvalue weighted by atomic mass is 9.84. The van der Waals surface area contributed by atoms with E-state index in [1.807, 2.05) is 0 Å². The zero-order valence-corrected chi connectivity index (χ0v) is 12.9. The Bertz CT molecular complexity index is 380. The number of hydrogen-bond donors (Lipinski definition) is 2. The van der Waals surface area contributed by atoms with Crippen molar-refractivity contribution in [1.82, 2.24) is 10.2 Å². The molecule has 6 heteroatoms. The van der Waals surface area contributed by atoms with Gasteiger partial charge in [-0.2, -0.15) is 0 Å². The molecule has 0 aromatic carbocycles. The molecule has 1 heterocycles. The summed E-state index contributed by atoms with van der Waals surface area (Å²) in [5.74, 6) is -0.764. The number of urea groups is 1. The summed E-state index contributed by atoms with van der Waals surface area (Å²) in [6.45, 7) is 2.66. The van der Waals surface area contributed by atoms with E-state index in [2.05, 4.69) is 12.2 Å². The summed E-state index contributed by atoms with van der Waals surface area (Å²) < 4.78 is 5.17. The standard InChI is InChI=1S/C15H26N2O4/c1-3-10-4-6-11(7-5-10)17(2)15(20)16-13-9-21-8-12(13)14(18)19/h10-13H,3-9H2,1-2H3,(H,16,20)(H,18,19). The highest BCUT2D eigenvalue weighted by molar-refractivity contribution is 5.77. The van der Waals surface area contributed by atoms with Gasteiger partial charge in [0.05, 0.1) is 19.3 Å². The van der Waals surface area contributed by atoms with Crippen molar-refractivity contribution in [2.75, 3.05) is 20.3 Å². The molecule has 21 heavy (non-hydrogen) atoms. The Hall–Kier alpha value is -1.30. The number of ether oxygens (including phenoxy) is 1. The molecule has 0 aromatic rings. The van der Waals surface area contributed by atoms with Crippen molar-refractivity contribution in [2.45, 2.75) is 51.1 Å². The van der Waals surface area contributed by atoms with Crippen molar-refractivity contribution in [3.05, 3.63) is 0 Å². The van der Waals surface area contributed by atoms with Crippen molar-refractivity contribution in [3.8, 4) is 0 Å². The van der Waals surface area contributed by atoms with Crippen molar-refractivity contribution in [3.63, 3.8) is 0 Å². The van der Waals surface area contributed by atoms with Crippen molar-refractivity contribution >= 4 is 12.0 Å². The number of carbonyl (C=O) groups excluding carboxylic acids is 1. The number of carboxylic acids is 1. The van der Waals surface area contributed by atoms with E-state index in [1.54, 1.807) is 11.9 Å². The van der Waals surface area contributed by atoms with Crippen LogP contribution in [0.4, 0.5) is 4.79 Å². The maximum atomic E-state index is 12.3. The van der Waals surface area contributed by atoms with Crippen molar-refractivity contribution in [2.24, 2.45) is 11.8 Å². The molecule has 2 aliphatic rings. The quantitative estimate of drug-likeness (QED) is 0.828. The van der Waals surface area contributed by atoms with Gasteiger partial charge in [-0.25, -0.2) is 4.79 Å². The molecule has 2 atom stereocenters. The van der Waals surface area contributed by atoms with E-state index in [-0.39, 0.29) is 25.3 Å². The first-order valence-electron chi connectivity index (χ1n) is 7.86. The zero-order valence-electron chi connectivity index (χ0n) is 12.9. The molecule has 2 fully saturated rings. The maximum absolute atomic E-state index is 12.3. The fourth-order valence-electron chi connectivity index (χ4n) is 3.31. The summed E-state index contributed by atoms with van der Waals surface area (Å²) in [5.41, 5.74) is 0. The fourth-order valence-corrected chi connectivity index (χ4v) is 3.31. The minimum atomic E-state index is -0.913. The number of nitrogens with one attached hydrogen (secondary N) is 1. The number of hydrogen-bond acceptors (Lipinski definition) is 3. The molecule has 1 aliphatic carbocycles. The monoisotopic (exact) mass is 298 g/mol. The third kappa shape index (κ3) is 3.87. The van der Waals surface area contributed by atoms with E-state index < -0.39 is 17.9 Å². The Morgan fingerprint density at radius 3 is 2.48 bits per heavy atom. The molecule has 2 amide bonds. The Morgan fingerprint density at radius 1 is 1.24 bits per heavy atom. The number of amides is 2. The smallest absolute Gasteiger partial charge is 0.317 e. The van der Waals surface area contributed by atoms with Gasteiger partial charge in [-0.3, -0.25) is 4.79 Å². The highest BCUT2D eigenvalue weighted by atomic mass is 16.5. The summed E-state index contributed by atoms with van der Waals surface area (Å²) in [5, 5.41) is 11.9. The highest BCUT2D eigenvalue weighted by Gasteiger charge is 2.36. The normalized spacial score (nSPS) is 32.7. The van der Waals surface area contributed by atoms with E-state index in [0.29, 0.717) is 0 Å². The molecular formula is C15H26N2O4. The van der Waals surface area contributed by atoms with Crippen LogP contribution in [0.5, 0.6) is 0 Å². The van der Waals surface area contributed by atoms with Gasteiger partial charge in [0.25, 0.3) is 0 Å². The first-order chi connectivity index (χ1) is 10.0. The van der Waals surface area contributed by atoms with Crippen LogP contribution in [0.1, 0.15) is 39.0 Å². The second-order valence-electron chi connectivity index (χ2n) is 6.23. The van der Waals surface area contributed by atoms with Gasteiger partial charge in [0.15, 0.2) is 0 Å². The summed E-state index contributed by atoms with van der Waals surface area (Å²) >= 11 is 0. The molecule has 0 spiro atoms. The van der Waals surface area contributed by atoms with Gasteiger partial charge in [-0.15, -0.1) is 0 Å². The van der Waals surface area contributed by atoms with Crippen LogP contribution in [0.15, 0.2) is 0 Å². The fraction of sp³-hybridized carbons (Fsp3) is 0.867. The Morgan fingerprint density at radius 2 is 1.90 bits per heavy atom.